The average molecular weight is 301 g/mol. The SMILES string of the molecule is Cc1cccc(-c2onc(-c3cc(F)cc(F)c3)c2CO)c1. The minimum atomic E-state index is -0.709. The van der Waals surface area contributed by atoms with Gasteiger partial charge in [0.1, 0.15) is 17.3 Å². The number of hydrogen-bond donors (Lipinski definition) is 1. The standard InChI is InChI=1S/C17H13F2NO2/c1-10-3-2-4-11(5-10)17-15(9-21)16(20-22-17)12-6-13(18)8-14(19)7-12/h2-8,21H,9H2,1H3. The van der Waals surface area contributed by atoms with Crippen LogP contribution in [0.5, 0.6) is 0 Å². The lowest BCUT2D eigenvalue weighted by atomic mass is 10.0. The Labute approximate surface area is 125 Å². The second kappa shape index (κ2) is 5.69. The van der Waals surface area contributed by atoms with Crippen molar-refractivity contribution in [1.29, 1.82) is 0 Å². The number of halogens is 2. The Morgan fingerprint density at radius 1 is 1.05 bits per heavy atom. The first-order chi connectivity index (χ1) is 10.6. The average Bonchev–Trinajstić information content (AvgIpc) is 2.90. The molecule has 0 saturated heterocycles. The normalized spacial score (nSPS) is 10.9. The summed E-state index contributed by atoms with van der Waals surface area (Å²) >= 11 is 0. The molecule has 0 atom stereocenters. The van der Waals surface area contributed by atoms with E-state index >= 15 is 0 Å². The number of aliphatic hydroxyl groups excluding tert-OH is 1. The molecule has 0 spiro atoms. The Hall–Kier alpha value is -2.53. The molecule has 5 heteroatoms. The molecule has 0 fully saturated rings. The quantitative estimate of drug-likeness (QED) is 0.792. The van der Waals surface area contributed by atoms with E-state index < -0.39 is 11.6 Å². The first-order valence-electron chi connectivity index (χ1n) is 6.71. The summed E-state index contributed by atoms with van der Waals surface area (Å²) in [5.74, 6) is -1.02. The maximum Gasteiger partial charge on any atom is 0.173 e. The van der Waals surface area contributed by atoms with Crippen molar-refractivity contribution in [2.24, 2.45) is 0 Å². The molecule has 3 nitrogen and oxygen atoms in total. The van der Waals surface area contributed by atoms with Crippen molar-refractivity contribution in [2.75, 3.05) is 0 Å². The lowest BCUT2D eigenvalue weighted by Gasteiger charge is -2.03. The van der Waals surface area contributed by atoms with Gasteiger partial charge in [-0.3, -0.25) is 0 Å². The lowest BCUT2D eigenvalue weighted by Crippen LogP contribution is -1.91. The fourth-order valence-corrected chi connectivity index (χ4v) is 2.39. The largest absolute Gasteiger partial charge is 0.391 e. The third-order valence-corrected chi connectivity index (χ3v) is 3.36. The minimum absolute atomic E-state index is 0.226. The first-order valence-corrected chi connectivity index (χ1v) is 6.71. The van der Waals surface area contributed by atoms with Crippen molar-refractivity contribution in [1.82, 2.24) is 5.16 Å². The highest BCUT2D eigenvalue weighted by atomic mass is 19.1. The van der Waals surface area contributed by atoms with E-state index in [0.29, 0.717) is 11.3 Å². The third-order valence-electron chi connectivity index (χ3n) is 3.36. The monoisotopic (exact) mass is 301 g/mol. The summed E-state index contributed by atoms with van der Waals surface area (Å²) < 4.78 is 32.0. The van der Waals surface area contributed by atoms with Gasteiger partial charge in [-0.05, 0) is 25.1 Å². The predicted octanol–water partition coefficient (Wildman–Crippen LogP) is 4.09. The predicted molar refractivity (Wildman–Crippen MR) is 78.0 cm³/mol. The van der Waals surface area contributed by atoms with Gasteiger partial charge in [-0.25, -0.2) is 8.78 Å². The molecule has 0 saturated carbocycles. The van der Waals surface area contributed by atoms with Crippen LogP contribution in [0.15, 0.2) is 47.0 Å². The van der Waals surface area contributed by atoms with E-state index in [4.69, 9.17) is 4.52 Å². The van der Waals surface area contributed by atoms with E-state index in [2.05, 4.69) is 5.16 Å². The number of aliphatic hydroxyl groups is 1. The van der Waals surface area contributed by atoms with Crippen LogP contribution >= 0.6 is 0 Å². The van der Waals surface area contributed by atoms with Crippen molar-refractivity contribution < 1.29 is 18.4 Å². The molecule has 0 radical (unpaired) electrons. The van der Waals surface area contributed by atoms with E-state index in [-0.39, 0.29) is 17.9 Å². The minimum Gasteiger partial charge on any atom is -0.391 e. The fourth-order valence-electron chi connectivity index (χ4n) is 2.39. The van der Waals surface area contributed by atoms with Gasteiger partial charge in [0, 0.05) is 17.2 Å². The van der Waals surface area contributed by atoms with Gasteiger partial charge >= 0.3 is 0 Å². The van der Waals surface area contributed by atoms with Crippen molar-refractivity contribution in [3.8, 4) is 22.6 Å². The lowest BCUT2D eigenvalue weighted by molar-refractivity contribution is 0.281. The number of rotatable bonds is 3. The molecule has 1 heterocycles. The Bertz CT molecular complexity index is 807. The number of nitrogens with zero attached hydrogens (tertiary/aromatic N) is 1. The summed E-state index contributed by atoms with van der Waals surface area (Å²) in [5, 5.41) is 13.5. The molecule has 3 aromatic rings. The Balaban J connectivity index is 2.15. The molecule has 0 bridgehead atoms. The Morgan fingerprint density at radius 2 is 1.77 bits per heavy atom. The Morgan fingerprint density at radius 3 is 2.41 bits per heavy atom. The van der Waals surface area contributed by atoms with Gasteiger partial charge in [-0.2, -0.15) is 0 Å². The maximum atomic E-state index is 13.4. The van der Waals surface area contributed by atoms with Gasteiger partial charge < -0.3 is 9.63 Å². The van der Waals surface area contributed by atoms with E-state index in [0.717, 1.165) is 29.3 Å². The zero-order valence-electron chi connectivity index (χ0n) is 11.8. The van der Waals surface area contributed by atoms with E-state index in [9.17, 15) is 13.9 Å². The van der Waals surface area contributed by atoms with Crippen molar-refractivity contribution in [3.63, 3.8) is 0 Å². The van der Waals surface area contributed by atoms with Gasteiger partial charge in [0.15, 0.2) is 5.76 Å². The van der Waals surface area contributed by atoms with Gasteiger partial charge in [-0.15, -0.1) is 0 Å². The van der Waals surface area contributed by atoms with Gasteiger partial charge in [-0.1, -0.05) is 28.9 Å². The van der Waals surface area contributed by atoms with E-state index in [1.807, 2.05) is 31.2 Å². The first kappa shape index (κ1) is 14.4. The topological polar surface area (TPSA) is 46.3 Å². The summed E-state index contributed by atoms with van der Waals surface area (Å²) in [7, 11) is 0. The number of aryl methyl sites for hydroxylation is 1. The highest BCUT2D eigenvalue weighted by Crippen LogP contribution is 2.33. The zero-order chi connectivity index (χ0) is 15.7. The molecule has 1 N–H and O–H groups in total. The fraction of sp³-hybridized carbons (Fsp3) is 0.118. The van der Waals surface area contributed by atoms with E-state index in [1.165, 1.54) is 0 Å². The smallest absolute Gasteiger partial charge is 0.173 e. The third kappa shape index (κ3) is 2.63. The van der Waals surface area contributed by atoms with Crippen LogP contribution in [0.25, 0.3) is 22.6 Å². The molecule has 3 rings (SSSR count). The second-order valence-corrected chi connectivity index (χ2v) is 5.02. The summed E-state index contributed by atoms with van der Waals surface area (Å²) in [4.78, 5) is 0. The molecule has 2 aromatic carbocycles. The van der Waals surface area contributed by atoms with E-state index in [1.54, 1.807) is 0 Å². The maximum absolute atomic E-state index is 13.4. The van der Waals surface area contributed by atoms with Crippen LogP contribution in [-0.4, -0.2) is 10.3 Å². The second-order valence-electron chi connectivity index (χ2n) is 5.02. The summed E-state index contributed by atoms with van der Waals surface area (Å²) in [6, 6.07) is 10.6. The zero-order valence-corrected chi connectivity index (χ0v) is 11.8. The van der Waals surface area contributed by atoms with Gasteiger partial charge in [0.2, 0.25) is 0 Å². The summed E-state index contributed by atoms with van der Waals surface area (Å²) in [6.45, 7) is 1.58. The van der Waals surface area contributed by atoms with Gasteiger partial charge in [0.25, 0.3) is 0 Å². The van der Waals surface area contributed by atoms with Crippen LogP contribution in [0.3, 0.4) is 0 Å². The number of hydrogen-bond acceptors (Lipinski definition) is 3. The molecular weight excluding hydrogens is 288 g/mol. The molecule has 0 aliphatic carbocycles. The van der Waals surface area contributed by atoms with Crippen molar-refractivity contribution in [3.05, 3.63) is 65.2 Å². The van der Waals surface area contributed by atoms with Crippen molar-refractivity contribution in [2.45, 2.75) is 13.5 Å². The van der Waals surface area contributed by atoms with Crippen molar-refractivity contribution >= 4 is 0 Å². The Kier molecular flexibility index (Phi) is 3.73. The molecule has 1 aromatic heterocycles. The number of aromatic nitrogens is 1. The van der Waals surface area contributed by atoms with Crippen LogP contribution in [0.4, 0.5) is 8.78 Å². The summed E-state index contributed by atoms with van der Waals surface area (Å²) in [6.07, 6.45) is 0. The highest BCUT2D eigenvalue weighted by Gasteiger charge is 2.19. The molecular formula is C17H13F2NO2. The van der Waals surface area contributed by atoms with Crippen LogP contribution in [-0.2, 0) is 6.61 Å². The molecule has 0 unspecified atom stereocenters. The van der Waals surface area contributed by atoms with Gasteiger partial charge in [0.05, 0.1) is 12.2 Å². The summed E-state index contributed by atoms with van der Waals surface area (Å²) in [5.41, 5.74) is 2.63. The van der Waals surface area contributed by atoms with Crippen LogP contribution in [0.1, 0.15) is 11.1 Å². The molecule has 0 aliphatic heterocycles. The highest BCUT2D eigenvalue weighted by molar-refractivity contribution is 5.72. The molecule has 0 aliphatic rings. The van der Waals surface area contributed by atoms with Crippen LogP contribution in [0, 0.1) is 18.6 Å². The number of benzene rings is 2. The molecule has 0 amide bonds. The van der Waals surface area contributed by atoms with Crippen LogP contribution in [0.2, 0.25) is 0 Å². The molecule has 112 valence electrons. The molecule has 22 heavy (non-hydrogen) atoms. The van der Waals surface area contributed by atoms with Crippen LogP contribution < -0.4 is 0 Å².